The van der Waals surface area contributed by atoms with Crippen molar-refractivity contribution in [3.8, 4) is 5.75 Å². The summed E-state index contributed by atoms with van der Waals surface area (Å²) in [5, 5.41) is 10.3. The van der Waals surface area contributed by atoms with Gasteiger partial charge in [-0.15, -0.1) is 0 Å². The van der Waals surface area contributed by atoms with Crippen molar-refractivity contribution in [2.24, 2.45) is 11.8 Å². The first-order chi connectivity index (χ1) is 7.63. The highest BCUT2D eigenvalue weighted by Crippen LogP contribution is 2.48. The van der Waals surface area contributed by atoms with Gasteiger partial charge in [-0.1, -0.05) is 22.9 Å². The van der Waals surface area contributed by atoms with E-state index in [4.69, 9.17) is 4.74 Å². The van der Waals surface area contributed by atoms with E-state index >= 15 is 0 Å². The molecule has 1 aromatic rings. The van der Waals surface area contributed by atoms with Crippen LogP contribution in [0, 0.1) is 11.8 Å². The number of ether oxygens (including phenoxy) is 1. The highest BCUT2D eigenvalue weighted by molar-refractivity contribution is 9.10. The lowest BCUT2D eigenvalue weighted by molar-refractivity contribution is 0.143. The van der Waals surface area contributed by atoms with Crippen LogP contribution in [0.5, 0.6) is 5.75 Å². The summed E-state index contributed by atoms with van der Waals surface area (Å²) in [5.41, 5.74) is 0.908. The van der Waals surface area contributed by atoms with Crippen LogP contribution in [-0.4, -0.2) is 11.7 Å². The summed E-state index contributed by atoms with van der Waals surface area (Å²) in [5.74, 6) is 1.83. The molecule has 1 N–H and O–H groups in total. The highest BCUT2D eigenvalue weighted by atomic mass is 79.9. The minimum absolute atomic E-state index is 0.394. The van der Waals surface area contributed by atoms with E-state index in [1.54, 1.807) is 0 Å². The third kappa shape index (κ3) is 2.41. The van der Waals surface area contributed by atoms with Gasteiger partial charge in [-0.25, -0.2) is 0 Å². The minimum Gasteiger partial charge on any atom is -0.493 e. The smallest absolute Gasteiger partial charge is 0.125 e. The Kier molecular flexibility index (Phi) is 3.55. The van der Waals surface area contributed by atoms with Gasteiger partial charge in [0.05, 0.1) is 12.7 Å². The first kappa shape index (κ1) is 11.9. The Bertz CT molecular complexity index is 378. The topological polar surface area (TPSA) is 29.5 Å². The first-order valence-electron chi connectivity index (χ1n) is 5.73. The lowest BCUT2D eigenvalue weighted by atomic mass is 10.0. The molecule has 3 heteroatoms. The van der Waals surface area contributed by atoms with Crippen molar-refractivity contribution in [1.29, 1.82) is 0 Å². The SMILES string of the molecule is CCOc1ccc(Br)cc1C(O)C1CC1C. The molecule has 1 aliphatic rings. The number of halogens is 1. The van der Waals surface area contributed by atoms with E-state index in [9.17, 15) is 5.11 Å². The van der Waals surface area contributed by atoms with Crippen molar-refractivity contribution in [1.82, 2.24) is 0 Å². The summed E-state index contributed by atoms with van der Waals surface area (Å²) in [6.45, 7) is 4.76. The molecule has 1 fully saturated rings. The Morgan fingerprint density at radius 3 is 2.81 bits per heavy atom. The van der Waals surface area contributed by atoms with Gasteiger partial charge in [-0.05, 0) is 43.4 Å². The largest absolute Gasteiger partial charge is 0.493 e. The number of aliphatic hydroxyl groups is 1. The predicted octanol–water partition coefficient (Wildman–Crippen LogP) is 3.54. The molecule has 0 spiro atoms. The number of hydrogen-bond donors (Lipinski definition) is 1. The molecule has 3 unspecified atom stereocenters. The lowest BCUT2D eigenvalue weighted by Crippen LogP contribution is -2.05. The van der Waals surface area contributed by atoms with Crippen molar-refractivity contribution < 1.29 is 9.84 Å². The maximum atomic E-state index is 10.3. The molecular weight excluding hydrogens is 268 g/mol. The van der Waals surface area contributed by atoms with Gasteiger partial charge in [0.15, 0.2) is 0 Å². The standard InChI is InChI=1S/C13H17BrO2/c1-3-16-12-5-4-9(14)7-11(12)13(15)10-6-8(10)2/h4-5,7-8,10,13,15H,3,6H2,1-2H3. The van der Waals surface area contributed by atoms with Crippen molar-refractivity contribution in [3.05, 3.63) is 28.2 Å². The van der Waals surface area contributed by atoms with Crippen LogP contribution in [0.3, 0.4) is 0 Å². The average Bonchev–Trinajstić information content (AvgIpc) is 2.97. The maximum absolute atomic E-state index is 10.3. The molecular formula is C13H17BrO2. The van der Waals surface area contributed by atoms with Crippen LogP contribution in [0.1, 0.15) is 31.9 Å². The number of rotatable bonds is 4. The third-order valence-corrected chi connectivity index (χ3v) is 3.66. The van der Waals surface area contributed by atoms with Crippen molar-refractivity contribution in [3.63, 3.8) is 0 Å². The summed E-state index contributed by atoms with van der Waals surface area (Å²) in [7, 11) is 0. The summed E-state index contributed by atoms with van der Waals surface area (Å²) in [4.78, 5) is 0. The zero-order valence-electron chi connectivity index (χ0n) is 9.61. The Morgan fingerprint density at radius 2 is 2.25 bits per heavy atom. The van der Waals surface area contributed by atoms with Crippen molar-refractivity contribution in [2.45, 2.75) is 26.4 Å². The van der Waals surface area contributed by atoms with Gasteiger partial charge in [0, 0.05) is 10.0 Å². The summed E-state index contributed by atoms with van der Waals surface area (Å²) in [6, 6.07) is 5.82. The maximum Gasteiger partial charge on any atom is 0.125 e. The van der Waals surface area contributed by atoms with Crippen LogP contribution >= 0.6 is 15.9 Å². The second kappa shape index (κ2) is 4.76. The molecule has 2 rings (SSSR count). The van der Waals surface area contributed by atoms with Crippen LogP contribution < -0.4 is 4.74 Å². The molecule has 0 amide bonds. The second-order valence-corrected chi connectivity index (χ2v) is 5.35. The Balaban J connectivity index is 2.25. The summed E-state index contributed by atoms with van der Waals surface area (Å²) >= 11 is 3.43. The van der Waals surface area contributed by atoms with Gasteiger partial charge in [-0.2, -0.15) is 0 Å². The Hall–Kier alpha value is -0.540. The number of benzene rings is 1. The highest BCUT2D eigenvalue weighted by Gasteiger charge is 2.40. The van der Waals surface area contributed by atoms with E-state index in [-0.39, 0.29) is 0 Å². The number of hydrogen-bond acceptors (Lipinski definition) is 2. The van der Waals surface area contributed by atoms with E-state index in [1.807, 2.05) is 25.1 Å². The minimum atomic E-state index is -0.394. The van der Waals surface area contributed by atoms with Gasteiger partial charge in [0.1, 0.15) is 5.75 Å². The third-order valence-electron chi connectivity index (χ3n) is 3.17. The van der Waals surface area contributed by atoms with Crippen molar-refractivity contribution >= 4 is 15.9 Å². The quantitative estimate of drug-likeness (QED) is 0.917. The van der Waals surface area contributed by atoms with E-state index in [0.29, 0.717) is 18.4 Å². The fraction of sp³-hybridized carbons (Fsp3) is 0.538. The second-order valence-electron chi connectivity index (χ2n) is 4.44. The van der Waals surface area contributed by atoms with E-state index < -0.39 is 6.10 Å². The molecule has 0 aliphatic heterocycles. The number of aliphatic hydroxyl groups excluding tert-OH is 1. The monoisotopic (exact) mass is 284 g/mol. The molecule has 0 aromatic heterocycles. The molecule has 2 nitrogen and oxygen atoms in total. The van der Waals surface area contributed by atoms with Crippen LogP contribution in [0.4, 0.5) is 0 Å². The van der Waals surface area contributed by atoms with E-state index in [0.717, 1.165) is 22.2 Å². The predicted molar refractivity (Wildman–Crippen MR) is 67.5 cm³/mol. The molecule has 1 saturated carbocycles. The Morgan fingerprint density at radius 1 is 1.56 bits per heavy atom. The molecule has 0 saturated heterocycles. The molecule has 1 aromatic carbocycles. The zero-order valence-corrected chi connectivity index (χ0v) is 11.2. The first-order valence-corrected chi connectivity index (χ1v) is 6.53. The van der Waals surface area contributed by atoms with Gasteiger partial charge in [0.2, 0.25) is 0 Å². The van der Waals surface area contributed by atoms with Crippen molar-refractivity contribution in [2.75, 3.05) is 6.61 Å². The Labute approximate surface area is 105 Å². The molecule has 88 valence electrons. The normalized spacial score (nSPS) is 25.2. The molecule has 0 radical (unpaired) electrons. The summed E-state index contributed by atoms with van der Waals surface area (Å²) in [6.07, 6.45) is 0.716. The fourth-order valence-electron chi connectivity index (χ4n) is 2.06. The average molecular weight is 285 g/mol. The van der Waals surface area contributed by atoms with Gasteiger partial charge in [-0.3, -0.25) is 0 Å². The van der Waals surface area contributed by atoms with Crippen LogP contribution in [0.2, 0.25) is 0 Å². The van der Waals surface area contributed by atoms with Gasteiger partial charge >= 0.3 is 0 Å². The van der Waals surface area contributed by atoms with Crippen LogP contribution in [-0.2, 0) is 0 Å². The molecule has 0 heterocycles. The molecule has 16 heavy (non-hydrogen) atoms. The lowest BCUT2D eigenvalue weighted by Gasteiger charge is -2.16. The van der Waals surface area contributed by atoms with Crippen LogP contribution in [0.25, 0.3) is 0 Å². The summed E-state index contributed by atoms with van der Waals surface area (Å²) < 4.78 is 6.53. The van der Waals surface area contributed by atoms with Gasteiger partial charge in [0.25, 0.3) is 0 Å². The zero-order chi connectivity index (χ0) is 11.7. The molecule has 3 atom stereocenters. The molecule has 0 bridgehead atoms. The van der Waals surface area contributed by atoms with Crippen LogP contribution in [0.15, 0.2) is 22.7 Å². The van der Waals surface area contributed by atoms with Gasteiger partial charge < -0.3 is 9.84 Å². The fourth-order valence-corrected chi connectivity index (χ4v) is 2.44. The van der Waals surface area contributed by atoms with E-state index in [1.165, 1.54) is 0 Å². The molecule has 1 aliphatic carbocycles. The van der Waals surface area contributed by atoms with E-state index in [2.05, 4.69) is 22.9 Å².